The first-order valence-corrected chi connectivity index (χ1v) is 10.3. The molecule has 8 heteroatoms. The zero-order valence-electron chi connectivity index (χ0n) is 17.9. The van der Waals surface area contributed by atoms with Gasteiger partial charge in [-0.25, -0.2) is 9.37 Å². The fourth-order valence-corrected chi connectivity index (χ4v) is 4.14. The van der Waals surface area contributed by atoms with Crippen molar-refractivity contribution < 1.29 is 13.9 Å². The van der Waals surface area contributed by atoms with E-state index in [0.29, 0.717) is 28.5 Å². The summed E-state index contributed by atoms with van der Waals surface area (Å²) in [4.78, 5) is 23.5. The molecule has 1 aromatic carbocycles. The third kappa shape index (κ3) is 4.02. The van der Waals surface area contributed by atoms with E-state index in [4.69, 9.17) is 15.9 Å². The van der Waals surface area contributed by atoms with E-state index in [2.05, 4.69) is 9.98 Å². The van der Waals surface area contributed by atoms with Crippen molar-refractivity contribution in [3.63, 3.8) is 0 Å². The minimum atomic E-state index is -0.637. The summed E-state index contributed by atoms with van der Waals surface area (Å²) in [5.74, 6) is -0.311. The lowest BCUT2D eigenvalue weighted by molar-refractivity contribution is 0.0809. The molecule has 0 saturated heterocycles. The second-order valence-electron chi connectivity index (χ2n) is 8.19. The number of anilines is 1. The predicted molar refractivity (Wildman–Crippen MR) is 118 cm³/mol. The van der Waals surface area contributed by atoms with Gasteiger partial charge in [0.2, 0.25) is 0 Å². The average molecular weight is 423 g/mol. The number of amides is 1. The van der Waals surface area contributed by atoms with Crippen LogP contribution in [0.5, 0.6) is 5.75 Å². The maximum atomic E-state index is 14.0. The van der Waals surface area contributed by atoms with Crippen molar-refractivity contribution in [2.24, 2.45) is 10.9 Å². The molecule has 1 aliphatic carbocycles. The molecule has 2 atom stereocenters. The van der Waals surface area contributed by atoms with Crippen molar-refractivity contribution in [3.05, 3.63) is 53.0 Å². The average Bonchev–Trinajstić information content (AvgIpc) is 3.57. The van der Waals surface area contributed by atoms with Crippen molar-refractivity contribution in [1.82, 2.24) is 9.88 Å². The summed E-state index contributed by atoms with van der Waals surface area (Å²) in [7, 11) is 3.38. The van der Waals surface area contributed by atoms with Crippen LogP contribution >= 0.6 is 0 Å². The molecule has 0 spiro atoms. The van der Waals surface area contributed by atoms with Gasteiger partial charge in [0.15, 0.2) is 11.6 Å². The summed E-state index contributed by atoms with van der Waals surface area (Å²) in [6, 6.07) is 5.79. The number of ether oxygens (including phenoxy) is 1. The molecule has 162 valence electrons. The van der Waals surface area contributed by atoms with E-state index in [1.807, 2.05) is 0 Å². The van der Waals surface area contributed by atoms with E-state index >= 15 is 0 Å². The Balaban J connectivity index is 1.87. The third-order valence-corrected chi connectivity index (χ3v) is 5.87. The number of carbonyl (C=O) groups is 1. The zero-order chi connectivity index (χ0) is 22.3. The molecule has 1 saturated carbocycles. The van der Waals surface area contributed by atoms with Gasteiger partial charge in [-0.15, -0.1) is 0 Å². The van der Waals surface area contributed by atoms with Gasteiger partial charge >= 0.3 is 0 Å². The standard InChI is InChI=1S/C23H26FN5O2/c1-12-17-9-15(24)6-7-16(17)23(30)29(3)11-18(25)20(21(27-2)13-4-5-13)14-8-19(31-12)22(26)28-10-14/h6-10,12-13,20,25H,4-5,11H2,1-3H3,(H2,26,28). The van der Waals surface area contributed by atoms with Crippen LogP contribution in [0.25, 0.3) is 0 Å². The van der Waals surface area contributed by atoms with Crippen LogP contribution in [0.4, 0.5) is 10.2 Å². The number of halogens is 1. The van der Waals surface area contributed by atoms with Crippen molar-refractivity contribution in [2.75, 3.05) is 26.4 Å². The van der Waals surface area contributed by atoms with Crippen LogP contribution in [0.1, 0.15) is 53.3 Å². The number of nitrogens with two attached hydrogens (primary N) is 1. The Labute approximate surface area is 180 Å². The number of benzene rings is 1. The molecular weight excluding hydrogens is 397 g/mol. The first-order chi connectivity index (χ1) is 14.8. The molecule has 2 aliphatic rings. The van der Waals surface area contributed by atoms with E-state index in [1.165, 1.54) is 23.1 Å². The van der Waals surface area contributed by atoms with Gasteiger partial charge in [-0.2, -0.15) is 0 Å². The summed E-state index contributed by atoms with van der Waals surface area (Å²) in [6.45, 7) is 1.85. The maximum Gasteiger partial charge on any atom is 0.254 e. The Kier molecular flexibility index (Phi) is 5.47. The molecule has 0 radical (unpaired) electrons. The summed E-state index contributed by atoms with van der Waals surface area (Å²) in [5.41, 5.74) is 8.80. The van der Waals surface area contributed by atoms with Gasteiger partial charge in [0.25, 0.3) is 5.91 Å². The van der Waals surface area contributed by atoms with E-state index in [0.717, 1.165) is 24.1 Å². The SMILES string of the molecule is CN=C(C1CC1)C1C(=N)CN(C)C(=O)c2ccc(F)cc2C(C)Oc2cc1cnc2N. The Morgan fingerprint density at radius 1 is 1.35 bits per heavy atom. The van der Waals surface area contributed by atoms with Crippen molar-refractivity contribution in [1.29, 1.82) is 5.41 Å². The summed E-state index contributed by atoms with van der Waals surface area (Å²) < 4.78 is 20.1. The highest BCUT2D eigenvalue weighted by atomic mass is 19.1. The van der Waals surface area contributed by atoms with Gasteiger partial charge < -0.3 is 20.8 Å². The van der Waals surface area contributed by atoms with Crippen LogP contribution in [0, 0.1) is 17.1 Å². The molecule has 1 aromatic heterocycles. The van der Waals surface area contributed by atoms with Crippen molar-refractivity contribution in [3.8, 4) is 5.75 Å². The molecule has 2 heterocycles. The van der Waals surface area contributed by atoms with E-state index in [-0.39, 0.29) is 18.3 Å². The summed E-state index contributed by atoms with van der Waals surface area (Å²) in [5, 5.41) is 8.86. The normalized spacial score (nSPS) is 22.3. The lowest BCUT2D eigenvalue weighted by Gasteiger charge is -2.28. The largest absolute Gasteiger partial charge is 0.482 e. The molecule has 1 fully saturated rings. The van der Waals surface area contributed by atoms with Crippen molar-refractivity contribution in [2.45, 2.75) is 31.8 Å². The number of hydrogen-bond donors (Lipinski definition) is 2. The number of rotatable bonds is 2. The van der Waals surface area contributed by atoms with Gasteiger partial charge in [-0.1, -0.05) is 0 Å². The Bertz CT molecular complexity index is 1080. The lowest BCUT2D eigenvalue weighted by atomic mass is 9.87. The Hall–Kier alpha value is -3.29. The molecule has 2 unspecified atom stereocenters. The van der Waals surface area contributed by atoms with Crippen LogP contribution in [-0.4, -0.2) is 47.9 Å². The van der Waals surface area contributed by atoms with Crippen LogP contribution in [-0.2, 0) is 0 Å². The topological polar surface area (TPSA) is 105 Å². The first-order valence-electron chi connectivity index (χ1n) is 10.3. The second kappa shape index (κ2) is 8.09. The highest BCUT2D eigenvalue weighted by Gasteiger charge is 2.36. The molecule has 7 nitrogen and oxygen atoms in total. The number of carbonyl (C=O) groups excluding carboxylic acids is 1. The molecule has 4 rings (SSSR count). The predicted octanol–water partition coefficient (Wildman–Crippen LogP) is 3.61. The Morgan fingerprint density at radius 3 is 2.77 bits per heavy atom. The number of nitrogen functional groups attached to an aromatic ring is 1. The molecule has 2 bridgehead atoms. The first kappa shape index (κ1) is 21.0. The number of aliphatic imine (C=N–C) groups is 1. The van der Waals surface area contributed by atoms with E-state index < -0.39 is 17.8 Å². The van der Waals surface area contributed by atoms with Gasteiger partial charge in [0.1, 0.15) is 11.9 Å². The number of pyridine rings is 1. The molecule has 3 N–H and O–H groups in total. The third-order valence-electron chi connectivity index (χ3n) is 5.87. The van der Waals surface area contributed by atoms with Gasteiger partial charge in [-0.05, 0) is 55.5 Å². The number of aromatic nitrogens is 1. The maximum absolute atomic E-state index is 14.0. The monoisotopic (exact) mass is 423 g/mol. The van der Waals surface area contributed by atoms with Crippen LogP contribution < -0.4 is 10.5 Å². The molecule has 2 aromatic rings. The van der Waals surface area contributed by atoms with E-state index in [1.54, 1.807) is 33.3 Å². The Morgan fingerprint density at radius 2 is 2.10 bits per heavy atom. The van der Waals surface area contributed by atoms with Crippen LogP contribution in [0.3, 0.4) is 0 Å². The molecule has 1 amide bonds. The minimum Gasteiger partial charge on any atom is -0.482 e. The summed E-state index contributed by atoms with van der Waals surface area (Å²) >= 11 is 0. The van der Waals surface area contributed by atoms with Crippen LogP contribution in [0.15, 0.2) is 35.5 Å². The number of nitrogens with one attached hydrogen (secondary N) is 1. The van der Waals surface area contributed by atoms with Gasteiger partial charge in [-0.3, -0.25) is 9.79 Å². The fourth-order valence-electron chi connectivity index (χ4n) is 4.14. The van der Waals surface area contributed by atoms with Crippen molar-refractivity contribution >= 4 is 23.1 Å². The van der Waals surface area contributed by atoms with Crippen LogP contribution in [0.2, 0.25) is 0 Å². The molecule has 1 aliphatic heterocycles. The molecule has 31 heavy (non-hydrogen) atoms. The highest BCUT2D eigenvalue weighted by molar-refractivity contribution is 6.14. The smallest absolute Gasteiger partial charge is 0.254 e. The zero-order valence-corrected chi connectivity index (χ0v) is 17.9. The van der Waals surface area contributed by atoms with E-state index in [9.17, 15) is 9.18 Å². The summed E-state index contributed by atoms with van der Waals surface area (Å²) in [6.07, 6.45) is 3.07. The van der Waals surface area contributed by atoms with Gasteiger partial charge in [0, 0.05) is 42.8 Å². The highest BCUT2D eigenvalue weighted by Crippen LogP contribution is 2.39. The van der Waals surface area contributed by atoms with Gasteiger partial charge in [0.05, 0.1) is 12.5 Å². The lowest BCUT2D eigenvalue weighted by Crippen LogP contribution is -2.37. The fraction of sp³-hybridized carbons (Fsp3) is 0.391. The quantitative estimate of drug-likeness (QED) is 0.720. The number of hydrogen-bond acceptors (Lipinski definition) is 6. The number of nitrogens with zero attached hydrogens (tertiary/aromatic N) is 3. The second-order valence-corrected chi connectivity index (χ2v) is 8.19. The minimum absolute atomic E-state index is 0.112. The molecular formula is C23H26FN5O2. The number of fused-ring (bicyclic) bond motifs is 3.